The third-order valence-corrected chi connectivity index (χ3v) is 2.97. The van der Waals surface area contributed by atoms with Crippen molar-refractivity contribution in [2.45, 2.75) is 26.9 Å². The van der Waals surface area contributed by atoms with Crippen LogP contribution in [-0.2, 0) is 13.1 Å². The van der Waals surface area contributed by atoms with Crippen LogP contribution >= 0.6 is 0 Å². The van der Waals surface area contributed by atoms with Crippen molar-refractivity contribution in [2.24, 2.45) is 0 Å². The summed E-state index contributed by atoms with van der Waals surface area (Å²) in [5.74, 6) is -0.370. The first kappa shape index (κ1) is 13.1. The van der Waals surface area contributed by atoms with E-state index in [1.807, 2.05) is 23.9 Å². The zero-order valence-electron chi connectivity index (χ0n) is 10.9. The van der Waals surface area contributed by atoms with Gasteiger partial charge in [0, 0.05) is 36.1 Å². The van der Waals surface area contributed by atoms with Crippen LogP contribution in [0.15, 0.2) is 24.5 Å². The third-order valence-electron chi connectivity index (χ3n) is 2.97. The molecule has 19 heavy (non-hydrogen) atoms. The number of nitrogens with one attached hydrogen (secondary N) is 1. The average molecular weight is 258 g/mol. The minimum absolute atomic E-state index is 0.315. The molecule has 0 fully saturated rings. The van der Waals surface area contributed by atoms with Crippen LogP contribution in [0.3, 0.4) is 0 Å². The maximum absolute atomic E-state index is 13.6. The molecule has 0 bridgehead atoms. The van der Waals surface area contributed by atoms with Crippen LogP contribution in [0.25, 0.3) is 0 Å². The van der Waals surface area contributed by atoms with Gasteiger partial charge >= 0.3 is 0 Å². The Morgan fingerprint density at radius 1 is 1.47 bits per heavy atom. The van der Waals surface area contributed by atoms with Crippen molar-refractivity contribution in [3.63, 3.8) is 0 Å². The van der Waals surface area contributed by atoms with Gasteiger partial charge in [0.05, 0.1) is 17.8 Å². The van der Waals surface area contributed by atoms with Crippen molar-refractivity contribution in [2.75, 3.05) is 5.32 Å². The second-order valence-corrected chi connectivity index (χ2v) is 4.30. The van der Waals surface area contributed by atoms with Crippen molar-refractivity contribution in [1.82, 2.24) is 9.78 Å². The molecule has 1 N–H and O–H groups in total. The van der Waals surface area contributed by atoms with Gasteiger partial charge in [0.25, 0.3) is 0 Å². The number of aromatic nitrogens is 2. The molecule has 0 unspecified atom stereocenters. The molecule has 1 aromatic heterocycles. The van der Waals surface area contributed by atoms with E-state index in [2.05, 4.69) is 10.4 Å². The van der Waals surface area contributed by atoms with Gasteiger partial charge in [-0.3, -0.25) is 4.68 Å². The molecule has 4 nitrogen and oxygen atoms in total. The van der Waals surface area contributed by atoms with E-state index in [1.54, 1.807) is 19.2 Å². The summed E-state index contributed by atoms with van der Waals surface area (Å²) in [6, 6.07) is 4.85. The van der Waals surface area contributed by atoms with Gasteiger partial charge in [0.2, 0.25) is 0 Å². The first-order valence-corrected chi connectivity index (χ1v) is 6.09. The predicted octanol–water partition coefficient (Wildman–Crippen LogP) is 2.83. The van der Waals surface area contributed by atoms with Crippen LogP contribution in [0.2, 0.25) is 0 Å². The molecule has 0 aliphatic heterocycles. The number of nitrogens with zero attached hydrogens (tertiary/aromatic N) is 3. The van der Waals surface area contributed by atoms with Gasteiger partial charge in [-0.25, -0.2) is 4.39 Å². The Labute approximate surface area is 111 Å². The van der Waals surface area contributed by atoms with Crippen molar-refractivity contribution < 1.29 is 4.39 Å². The van der Waals surface area contributed by atoms with E-state index in [0.29, 0.717) is 23.4 Å². The second kappa shape index (κ2) is 5.53. The van der Waals surface area contributed by atoms with Gasteiger partial charge in [-0.15, -0.1) is 0 Å². The number of halogens is 1. The summed E-state index contributed by atoms with van der Waals surface area (Å²) in [5, 5.41) is 16.1. The molecule has 0 aliphatic rings. The number of benzene rings is 1. The van der Waals surface area contributed by atoms with Crippen LogP contribution in [-0.4, -0.2) is 9.78 Å². The van der Waals surface area contributed by atoms with Crippen LogP contribution in [0.1, 0.15) is 23.6 Å². The molecule has 0 aliphatic carbocycles. The second-order valence-electron chi connectivity index (χ2n) is 4.30. The normalized spacial score (nSPS) is 10.2. The first-order chi connectivity index (χ1) is 9.13. The molecule has 2 aromatic rings. The summed E-state index contributed by atoms with van der Waals surface area (Å²) < 4.78 is 15.4. The monoisotopic (exact) mass is 258 g/mol. The quantitative estimate of drug-likeness (QED) is 0.917. The van der Waals surface area contributed by atoms with Gasteiger partial charge in [-0.2, -0.15) is 10.4 Å². The number of nitriles is 1. The van der Waals surface area contributed by atoms with E-state index in [4.69, 9.17) is 5.26 Å². The Morgan fingerprint density at radius 3 is 2.89 bits per heavy atom. The number of anilines is 1. The summed E-state index contributed by atoms with van der Waals surface area (Å²) >= 11 is 0. The van der Waals surface area contributed by atoms with Crippen molar-refractivity contribution in [3.8, 4) is 6.07 Å². The number of aryl methyl sites for hydroxylation is 1. The summed E-state index contributed by atoms with van der Waals surface area (Å²) in [6.45, 7) is 5.07. The van der Waals surface area contributed by atoms with E-state index in [1.165, 1.54) is 6.07 Å². The lowest BCUT2D eigenvalue weighted by molar-refractivity contribution is 0.618. The smallest absolute Gasteiger partial charge is 0.129 e. The Kier molecular flexibility index (Phi) is 3.81. The Morgan fingerprint density at radius 2 is 2.26 bits per heavy atom. The highest BCUT2D eigenvalue weighted by molar-refractivity contribution is 5.56. The highest BCUT2D eigenvalue weighted by atomic mass is 19.1. The van der Waals surface area contributed by atoms with Crippen LogP contribution in [0.5, 0.6) is 0 Å². The fourth-order valence-electron chi connectivity index (χ4n) is 1.79. The van der Waals surface area contributed by atoms with Gasteiger partial charge in [-0.1, -0.05) is 0 Å². The summed E-state index contributed by atoms with van der Waals surface area (Å²) in [7, 11) is 0. The molecule has 0 spiro atoms. The standard InChI is InChI=1S/C14H15FN4/c1-3-19-9-12(8-18-19)7-17-14-5-11(6-16)4-13(15)10(14)2/h4-5,8-9,17H,3,7H2,1-2H3. The molecule has 98 valence electrons. The number of hydrogen-bond donors (Lipinski definition) is 1. The maximum Gasteiger partial charge on any atom is 0.129 e. The fourth-order valence-corrected chi connectivity index (χ4v) is 1.79. The van der Waals surface area contributed by atoms with Crippen molar-refractivity contribution >= 4 is 5.69 Å². The third kappa shape index (κ3) is 2.91. The predicted molar refractivity (Wildman–Crippen MR) is 71.1 cm³/mol. The van der Waals surface area contributed by atoms with Crippen molar-refractivity contribution in [3.05, 3.63) is 47.0 Å². The summed E-state index contributed by atoms with van der Waals surface area (Å²) in [5.41, 5.74) is 2.49. The highest BCUT2D eigenvalue weighted by Gasteiger charge is 2.07. The lowest BCUT2D eigenvalue weighted by atomic mass is 10.1. The molecule has 0 radical (unpaired) electrons. The fraction of sp³-hybridized carbons (Fsp3) is 0.286. The molecule has 0 amide bonds. The van der Waals surface area contributed by atoms with E-state index >= 15 is 0 Å². The molecular weight excluding hydrogens is 243 g/mol. The molecule has 0 atom stereocenters. The van der Waals surface area contributed by atoms with E-state index in [9.17, 15) is 4.39 Å². The molecule has 2 rings (SSSR count). The van der Waals surface area contributed by atoms with E-state index < -0.39 is 0 Å². The lowest BCUT2D eigenvalue weighted by Gasteiger charge is -2.09. The average Bonchev–Trinajstić information content (AvgIpc) is 2.88. The number of hydrogen-bond acceptors (Lipinski definition) is 3. The molecule has 0 saturated heterocycles. The zero-order chi connectivity index (χ0) is 13.8. The topological polar surface area (TPSA) is 53.6 Å². The van der Waals surface area contributed by atoms with E-state index in [-0.39, 0.29) is 5.82 Å². The van der Waals surface area contributed by atoms with Gasteiger partial charge < -0.3 is 5.32 Å². The van der Waals surface area contributed by atoms with E-state index in [0.717, 1.165) is 12.1 Å². The molecule has 1 aromatic carbocycles. The Hall–Kier alpha value is -2.35. The van der Waals surface area contributed by atoms with Gasteiger partial charge in [-0.05, 0) is 26.0 Å². The molecule has 1 heterocycles. The maximum atomic E-state index is 13.6. The first-order valence-electron chi connectivity index (χ1n) is 6.09. The largest absolute Gasteiger partial charge is 0.381 e. The molecular formula is C14H15FN4. The summed E-state index contributed by atoms with van der Waals surface area (Å²) in [6.07, 6.45) is 3.71. The molecule has 5 heteroatoms. The van der Waals surface area contributed by atoms with Crippen LogP contribution < -0.4 is 5.32 Å². The summed E-state index contributed by atoms with van der Waals surface area (Å²) in [4.78, 5) is 0. The minimum Gasteiger partial charge on any atom is -0.381 e. The van der Waals surface area contributed by atoms with Crippen molar-refractivity contribution in [1.29, 1.82) is 5.26 Å². The van der Waals surface area contributed by atoms with Gasteiger partial charge in [0.15, 0.2) is 0 Å². The zero-order valence-corrected chi connectivity index (χ0v) is 10.9. The lowest BCUT2D eigenvalue weighted by Crippen LogP contribution is -2.02. The Balaban J connectivity index is 2.15. The van der Waals surface area contributed by atoms with Crippen LogP contribution in [0.4, 0.5) is 10.1 Å². The number of rotatable bonds is 4. The van der Waals surface area contributed by atoms with Gasteiger partial charge in [0.1, 0.15) is 5.82 Å². The SMILES string of the molecule is CCn1cc(CNc2cc(C#N)cc(F)c2C)cn1. The Bertz CT molecular complexity index is 625. The highest BCUT2D eigenvalue weighted by Crippen LogP contribution is 2.21. The minimum atomic E-state index is -0.370. The van der Waals surface area contributed by atoms with Crippen LogP contribution in [0, 0.1) is 24.1 Å². The molecule has 0 saturated carbocycles.